The molecular formula is C11H11NO2. The van der Waals surface area contributed by atoms with Gasteiger partial charge in [0.25, 0.3) is 0 Å². The molecule has 0 radical (unpaired) electrons. The normalized spacial score (nSPS) is 23.8. The minimum Gasteiger partial charge on any atom is -0.496 e. The number of benzene rings is 1. The van der Waals surface area contributed by atoms with Crippen LogP contribution in [0.5, 0.6) is 5.75 Å². The fraction of sp³-hybridized carbons (Fsp3) is 0.364. The molecule has 1 fully saturated rings. The quantitative estimate of drug-likeness (QED) is 0.538. The first-order chi connectivity index (χ1) is 6.86. The molecule has 2 unspecified atom stereocenters. The molecule has 0 heterocycles. The topological polar surface area (TPSA) is 38.7 Å². The van der Waals surface area contributed by atoms with E-state index >= 15 is 0 Å². The number of hydrogen-bond donors (Lipinski definition) is 0. The van der Waals surface area contributed by atoms with Crippen LogP contribution in [0.25, 0.3) is 0 Å². The molecule has 0 bridgehead atoms. The van der Waals surface area contributed by atoms with E-state index in [2.05, 4.69) is 4.99 Å². The number of ether oxygens (including phenoxy) is 1. The van der Waals surface area contributed by atoms with Crippen molar-refractivity contribution in [2.24, 2.45) is 4.99 Å². The Morgan fingerprint density at radius 3 is 3.00 bits per heavy atom. The van der Waals surface area contributed by atoms with E-state index in [1.807, 2.05) is 24.3 Å². The number of isocyanates is 1. The second-order valence-electron chi connectivity index (χ2n) is 3.37. The van der Waals surface area contributed by atoms with Crippen LogP contribution in [-0.2, 0) is 4.79 Å². The molecule has 1 aliphatic carbocycles. The molecule has 0 N–H and O–H groups in total. The maximum Gasteiger partial charge on any atom is 0.235 e. The number of aliphatic imine (C=N–C) groups is 1. The first-order valence-electron chi connectivity index (χ1n) is 4.56. The Hall–Kier alpha value is -1.60. The molecule has 1 saturated carbocycles. The summed E-state index contributed by atoms with van der Waals surface area (Å²) in [6, 6.07) is 7.96. The van der Waals surface area contributed by atoms with Crippen molar-refractivity contribution in [3.63, 3.8) is 0 Å². The maximum absolute atomic E-state index is 10.1. The molecule has 2 rings (SSSR count). The van der Waals surface area contributed by atoms with Crippen molar-refractivity contribution >= 4 is 6.08 Å². The Kier molecular flexibility index (Phi) is 2.33. The van der Waals surface area contributed by atoms with Crippen molar-refractivity contribution < 1.29 is 9.53 Å². The van der Waals surface area contributed by atoms with E-state index in [0.717, 1.165) is 17.7 Å². The zero-order valence-electron chi connectivity index (χ0n) is 7.93. The number of methoxy groups -OCH3 is 1. The predicted molar refractivity (Wildman–Crippen MR) is 52.3 cm³/mol. The third-order valence-corrected chi connectivity index (χ3v) is 2.51. The van der Waals surface area contributed by atoms with Crippen LogP contribution in [0.4, 0.5) is 0 Å². The monoisotopic (exact) mass is 189 g/mol. The van der Waals surface area contributed by atoms with Gasteiger partial charge in [-0.3, -0.25) is 0 Å². The molecule has 1 aliphatic rings. The lowest BCUT2D eigenvalue weighted by atomic mass is 10.1. The fourth-order valence-corrected chi connectivity index (χ4v) is 1.70. The summed E-state index contributed by atoms with van der Waals surface area (Å²) in [5, 5.41) is 0. The van der Waals surface area contributed by atoms with Crippen LogP contribution in [0.15, 0.2) is 29.3 Å². The summed E-state index contributed by atoms with van der Waals surface area (Å²) in [4.78, 5) is 13.8. The van der Waals surface area contributed by atoms with Gasteiger partial charge in [-0.05, 0) is 18.1 Å². The molecule has 0 aromatic heterocycles. The Morgan fingerprint density at radius 2 is 2.29 bits per heavy atom. The van der Waals surface area contributed by atoms with Crippen LogP contribution in [0.3, 0.4) is 0 Å². The van der Waals surface area contributed by atoms with Crippen molar-refractivity contribution in [2.45, 2.75) is 18.4 Å². The predicted octanol–water partition coefficient (Wildman–Crippen LogP) is 1.89. The number of para-hydroxylation sites is 1. The van der Waals surface area contributed by atoms with Gasteiger partial charge >= 0.3 is 0 Å². The number of hydrogen-bond acceptors (Lipinski definition) is 3. The highest BCUT2D eigenvalue weighted by atomic mass is 16.5. The Balaban J connectivity index is 2.21. The van der Waals surface area contributed by atoms with E-state index in [1.54, 1.807) is 13.2 Å². The fourth-order valence-electron chi connectivity index (χ4n) is 1.70. The van der Waals surface area contributed by atoms with Gasteiger partial charge in [-0.1, -0.05) is 18.2 Å². The third kappa shape index (κ3) is 1.54. The van der Waals surface area contributed by atoms with Gasteiger partial charge in [-0.15, -0.1) is 0 Å². The molecule has 0 saturated heterocycles. The zero-order chi connectivity index (χ0) is 9.97. The highest BCUT2D eigenvalue weighted by molar-refractivity contribution is 5.43. The molecule has 0 aliphatic heterocycles. The first-order valence-corrected chi connectivity index (χ1v) is 4.56. The van der Waals surface area contributed by atoms with Gasteiger partial charge in [-0.25, -0.2) is 9.79 Å². The molecule has 3 nitrogen and oxygen atoms in total. The average Bonchev–Trinajstić information content (AvgIpc) is 2.98. The minimum atomic E-state index is 0.115. The van der Waals surface area contributed by atoms with Crippen molar-refractivity contribution in [1.82, 2.24) is 0 Å². The summed E-state index contributed by atoms with van der Waals surface area (Å²) < 4.78 is 5.23. The summed E-state index contributed by atoms with van der Waals surface area (Å²) in [6.45, 7) is 0. The Morgan fingerprint density at radius 1 is 1.50 bits per heavy atom. The molecule has 2 atom stereocenters. The van der Waals surface area contributed by atoms with Crippen LogP contribution >= 0.6 is 0 Å². The number of carbonyl (C=O) groups excluding carboxylic acids is 1. The Labute approximate surface area is 82.4 Å². The van der Waals surface area contributed by atoms with Crippen molar-refractivity contribution in [3.05, 3.63) is 29.8 Å². The molecule has 14 heavy (non-hydrogen) atoms. The number of rotatable bonds is 3. The van der Waals surface area contributed by atoms with Crippen LogP contribution in [0.2, 0.25) is 0 Å². The van der Waals surface area contributed by atoms with Crippen molar-refractivity contribution in [3.8, 4) is 5.75 Å². The van der Waals surface area contributed by atoms with Crippen LogP contribution in [0, 0.1) is 0 Å². The maximum atomic E-state index is 10.1. The van der Waals surface area contributed by atoms with E-state index in [9.17, 15) is 4.79 Å². The van der Waals surface area contributed by atoms with Crippen LogP contribution in [0.1, 0.15) is 17.9 Å². The molecule has 1 aromatic carbocycles. The van der Waals surface area contributed by atoms with Crippen LogP contribution in [-0.4, -0.2) is 19.2 Å². The van der Waals surface area contributed by atoms with Gasteiger partial charge in [-0.2, -0.15) is 0 Å². The lowest BCUT2D eigenvalue weighted by Gasteiger charge is -2.05. The SMILES string of the molecule is COc1ccccc1C1CC1N=C=O. The lowest BCUT2D eigenvalue weighted by molar-refractivity contribution is 0.409. The smallest absolute Gasteiger partial charge is 0.235 e. The van der Waals surface area contributed by atoms with E-state index in [0.29, 0.717) is 5.92 Å². The van der Waals surface area contributed by atoms with Gasteiger partial charge in [0.05, 0.1) is 13.2 Å². The van der Waals surface area contributed by atoms with Gasteiger partial charge in [0.15, 0.2) is 0 Å². The summed E-state index contributed by atoms with van der Waals surface area (Å²) in [6.07, 6.45) is 2.53. The summed E-state index contributed by atoms with van der Waals surface area (Å²) in [5.41, 5.74) is 1.14. The lowest BCUT2D eigenvalue weighted by Crippen LogP contribution is -1.91. The standard InChI is InChI=1S/C11H11NO2/c1-14-11-5-3-2-4-8(11)9-6-10(9)12-7-13/h2-5,9-10H,6H2,1H3. The minimum absolute atomic E-state index is 0.115. The zero-order valence-corrected chi connectivity index (χ0v) is 7.93. The van der Waals surface area contributed by atoms with E-state index in [-0.39, 0.29) is 6.04 Å². The molecule has 72 valence electrons. The third-order valence-electron chi connectivity index (χ3n) is 2.51. The van der Waals surface area contributed by atoms with E-state index in [4.69, 9.17) is 4.74 Å². The van der Waals surface area contributed by atoms with Crippen molar-refractivity contribution in [2.75, 3.05) is 7.11 Å². The molecule has 0 spiro atoms. The Bertz CT molecular complexity index is 383. The second kappa shape index (κ2) is 3.64. The van der Waals surface area contributed by atoms with Gasteiger partial charge in [0, 0.05) is 5.92 Å². The highest BCUT2D eigenvalue weighted by Crippen LogP contribution is 2.46. The molecule has 1 aromatic rings. The molecular weight excluding hydrogens is 178 g/mol. The van der Waals surface area contributed by atoms with Gasteiger partial charge in [0.2, 0.25) is 6.08 Å². The average molecular weight is 189 g/mol. The van der Waals surface area contributed by atoms with Crippen molar-refractivity contribution in [1.29, 1.82) is 0 Å². The second-order valence-corrected chi connectivity index (χ2v) is 3.37. The largest absolute Gasteiger partial charge is 0.496 e. The summed E-state index contributed by atoms with van der Waals surface area (Å²) >= 11 is 0. The van der Waals surface area contributed by atoms with E-state index in [1.165, 1.54) is 0 Å². The van der Waals surface area contributed by atoms with Gasteiger partial charge in [0.1, 0.15) is 5.75 Å². The number of nitrogens with zero attached hydrogens (tertiary/aromatic N) is 1. The summed E-state index contributed by atoms with van der Waals surface area (Å²) in [5.74, 6) is 1.22. The summed E-state index contributed by atoms with van der Waals surface area (Å²) in [7, 11) is 1.65. The van der Waals surface area contributed by atoms with Crippen LogP contribution < -0.4 is 4.74 Å². The highest BCUT2D eigenvalue weighted by Gasteiger charge is 2.40. The van der Waals surface area contributed by atoms with Gasteiger partial charge < -0.3 is 4.74 Å². The first kappa shape index (κ1) is 8.97. The molecule has 3 heteroatoms. The molecule has 0 amide bonds. The van der Waals surface area contributed by atoms with E-state index < -0.39 is 0 Å².